The van der Waals surface area contributed by atoms with E-state index in [9.17, 15) is 4.79 Å². The molecule has 2 unspecified atom stereocenters. The molecule has 7 heteroatoms. The lowest BCUT2D eigenvalue weighted by Gasteiger charge is -2.37. The second-order valence-corrected chi connectivity index (χ2v) is 8.40. The molecule has 3 rings (SSSR count). The van der Waals surface area contributed by atoms with E-state index in [2.05, 4.69) is 10.2 Å². The van der Waals surface area contributed by atoms with Gasteiger partial charge in [0.25, 0.3) is 0 Å². The number of rotatable bonds is 3. The highest BCUT2D eigenvalue weighted by atomic mass is 35.5. The van der Waals surface area contributed by atoms with Crippen molar-refractivity contribution in [3.8, 4) is 0 Å². The fourth-order valence-corrected chi connectivity index (χ4v) is 5.11. The maximum atomic E-state index is 12.8. The van der Waals surface area contributed by atoms with Crippen molar-refractivity contribution in [2.75, 3.05) is 36.1 Å². The van der Waals surface area contributed by atoms with Crippen LogP contribution in [0.15, 0.2) is 24.3 Å². The summed E-state index contributed by atoms with van der Waals surface area (Å²) in [6.45, 7) is 1.86. The first-order valence-electron chi connectivity index (χ1n) is 7.68. The summed E-state index contributed by atoms with van der Waals surface area (Å²) in [6.07, 6.45) is 0.613. The summed E-state index contributed by atoms with van der Waals surface area (Å²) >= 11 is 9.84. The third-order valence-electron chi connectivity index (χ3n) is 4.12. The van der Waals surface area contributed by atoms with Gasteiger partial charge in [-0.25, -0.2) is 0 Å². The van der Waals surface area contributed by atoms with E-state index >= 15 is 0 Å². The molecule has 2 atom stereocenters. The molecule has 2 fully saturated rings. The summed E-state index contributed by atoms with van der Waals surface area (Å²) in [5.74, 6) is 4.47. The third-order valence-corrected chi connectivity index (χ3v) is 6.53. The molecule has 1 N–H and O–H groups in total. The molecule has 1 amide bonds. The normalized spacial score (nSPS) is 24.8. The first-order valence-corrected chi connectivity index (χ1v) is 10.4. The maximum Gasteiger partial charge on any atom is 0.224 e. The lowest BCUT2D eigenvalue weighted by molar-refractivity contribution is -0.133. The molecule has 0 bridgehead atoms. The van der Waals surface area contributed by atoms with Crippen molar-refractivity contribution in [2.24, 2.45) is 0 Å². The smallest absolute Gasteiger partial charge is 0.224 e. The van der Waals surface area contributed by atoms with Gasteiger partial charge in [0.1, 0.15) is 0 Å². The van der Waals surface area contributed by atoms with Crippen molar-refractivity contribution in [3.05, 3.63) is 34.9 Å². The van der Waals surface area contributed by atoms with Crippen molar-refractivity contribution < 1.29 is 4.79 Å². The first-order chi connectivity index (χ1) is 10.7. The average Bonchev–Trinajstić information content (AvgIpc) is 2.56. The molecular weight excluding hydrogens is 371 g/mol. The minimum Gasteiger partial charge on any atom is -0.334 e. The molecule has 0 aromatic heterocycles. The van der Waals surface area contributed by atoms with E-state index in [-0.39, 0.29) is 24.4 Å². The van der Waals surface area contributed by atoms with Gasteiger partial charge in [-0.1, -0.05) is 23.7 Å². The van der Waals surface area contributed by atoms with E-state index in [1.165, 1.54) is 5.56 Å². The number of carbonyl (C=O) groups excluding carboxylic acids is 1. The number of amides is 1. The average molecular weight is 393 g/mol. The van der Waals surface area contributed by atoms with Gasteiger partial charge >= 0.3 is 0 Å². The van der Waals surface area contributed by atoms with E-state index in [1.54, 1.807) is 0 Å². The van der Waals surface area contributed by atoms with Crippen LogP contribution in [-0.2, 0) is 4.79 Å². The summed E-state index contributed by atoms with van der Waals surface area (Å²) in [5, 5.41) is 4.20. The van der Waals surface area contributed by atoms with Crippen LogP contribution in [0.2, 0.25) is 5.02 Å². The predicted octanol–water partition coefficient (Wildman–Crippen LogP) is 3.47. The van der Waals surface area contributed by atoms with Crippen LogP contribution >= 0.6 is 47.5 Å². The second-order valence-electron chi connectivity index (χ2n) is 5.66. The van der Waals surface area contributed by atoms with Crippen LogP contribution in [0.25, 0.3) is 0 Å². The number of carbonyl (C=O) groups is 1. The van der Waals surface area contributed by atoms with Crippen molar-refractivity contribution in [2.45, 2.75) is 18.5 Å². The Morgan fingerprint density at radius 2 is 1.96 bits per heavy atom. The Bertz CT molecular complexity index is 509. The number of thioether (sulfide) groups is 2. The number of nitrogens with zero attached hydrogens (tertiary/aromatic N) is 1. The molecule has 0 spiro atoms. The molecule has 0 saturated carbocycles. The van der Waals surface area contributed by atoms with Gasteiger partial charge in [0.05, 0.1) is 6.04 Å². The molecule has 0 aliphatic carbocycles. The summed E-state index contributed by atoms with van der Waals surface area (Å²) in [6, 6.07) is 8.43. The van der Waals surface area contributed by atoms with Crippen molar-refractivity contribution in [1.82, 2.24) is 10.2 Å². The van der Waals surface area contributed by atoms with Crippen LogP contribution in [0.4, 0.5) is 0 Å². The van der Waals surface area contributed by atoms with Crippen LogP contribution in [0.1, 0.15) is 18.0 Å². The largest absolute Gasteiger partial charge is 0.334 e. The molecule has 2 aliphatic rings. The minimum absolute atomic E-state index is 0. The van der Waals surface area contributed by atoms with Gasteiger partial charge in [-0.2, -0.15) is 23.5 Å². The lowest BCUT2D eigenvalue weighted by atomic mass is 10.1. The van der Waals surface area contributed by atoms with Gasteiger partial charge in [0, 0.05) is 53.6 Å². The van der Waals surface area contributed by atoms with E-state index < -0.39 is 0 Å². The Hall–Kier alpha value is -0.0700. The quantitative estimate of drug-likeness (QED) is 0.853. The zero-order valence-corrected chi connectivity index (χ0v) is 16.1. The highest BCUT2D eigenvalue weighted by Crippen LogP contribution is 2.31. The van der Waals surface area contributed by atoms with E-state index in [0.717, 1.165) is 41.1 Å². The highest BCUT2D eigenvalue weighted by Gasteiger charge is 2.30. The van der Waals surface area contributed by atoms with Gasteiger partial charge in [-0.15, -0.1) is 12.4 Å². The molecular formula is C16H22Cl2N2OS2. The fourth-order valence-electron chi connectivity index (χ4n) is 2.94. The first kappa shape index (κ1) is 19.3. The van der Waals surface area contributed by atoms with Gasteiger partial charge in [-0.05, 0) is 17.7 Å². The third kappa shape index (κ3) is 5.20. The Balaban J connectivity index is 0.00000192. The Morgan fingerprint density at radius 1 is 1.22 bits per heavy atom. The summed E-state index contributed by atoms with van der Waals surface area (Å²) < 4.78 is 0. The van der Waals surface area contributed by atoms with Gasteiger partial charge in [0.15, 0.2) is 0 Å². The molecule has 2 heterocycles. The van der Waals surface area contributed by atoms with Gasteiger partial charge in [0.2, 0.25) is 5.91 Å². The highest BCUT2D eigenvalue weighted by molar-refractivity contribution is 7.99. The van der Waals surface area contributed by atoms with Crippen molar-refractivity contribution in [1.29, 1.82) is 0 Å². The van der Waals surface area contributed by atoms with Crippen LogP contribution in [0, 0.1) is 0 Å². The van der Waals surface area contributed by atoms with Crippen LogP contribution < -0.4 is 5.32 Å². The molecule has 1 aromatic rings. The molecule has 1 aromatic carbocycles. The van der Waals surface area contributed by atoms with Crippen LogP contribution in [0.3, 0.4) is 0 Å². The topological polar surface area (TPSA) is 32.3 Å². The maximum absolute atomic E-state index is 12.8. The number of hydrogen-bond acceptors (Lipinski definition) is 4. The minimum atomic E-state index is 0. The number of hydrogen-bond donors (Lipinski definition) is 1. The zero-order chi connectivity index (χ0) is 15.4. The van der Waals surface area contributed by atoms with E-state index in [4.69, 9.17) is 11.6 Å². The summed E-state index contributed by atoms with van der Waals surface area (Å²) in [4.78, 5) is 14.8. The lowest BCUT2D eigenvalue weighted by Crippen LogP contribution is -2.46. The second kappa shape index (κ2) is 9.42. The SMILES string of the molecule is Cl.O=C(CC1CSCCN1)N1CCSCC1c1ccc(Cl)cc1. The molecule has 23 heavy (non-hydrogen) atoms. The summed E-state index contributed by atoms with van der Waals surface area (Å²) in [7, 11) is 0. The number of halogens is 2. The van der Waals surface area contributed by atoms with Crippen molar-refractivity contribution >= 4 is 53.4 Å². The molecule has 2 aliphatic heterocycles. The van der Waals surface area contributed by atoms with Crippen LogP contribution in [0.5, 0.6) is 0 Å². The Morgan fingerprint density at radius 3 is 2.65 bits per heavy atom. The zero-order valence-electron chi connectivity index (χ0n) is 12.9. The van der Waals surface area contributed by atoms with E-state index in [0.29, 0.717) is 12.5 Å². The standard InChI is InChI=1S/C16H21ClN2OS2.ClH/c17-13-3-1-12(2-4-13)15-11-22-8-6-19(15)16(20)9-14-10-21-7-5-18-14;/h1-4,14-15,18H,5-11H2;1H. The molecule has 128 valence electrons. The predicted molar refractivity (Wildman–Crippen MR) is 104 cm³/mol. The summed E-state index contributed by atoms with van der Waals surface area (Å²) in [5.41, 5.74) is 1.19. The Labute approximate surface area is 157 Å². The number of benzene rings is 1. The van der Waals surface area contributed by atoms with Crippen LogP contribution in [-0.4, -0.2) is 52.9 Å². The Kier molecular flexibility index (Phi) is 7.89. The fraction of sp³-hybridized carbons (Fsp3) is 0.562. The van der Waals surface area contributed by atoms with Gasteiger partial charge < -0.3 is 10.2 Å². The monoisotopic (exact) mass is 392 g/mol. The molecule has 3 nitrogen and oxygen atoms in total. The molecule has 2 saturated heterocycles. The van der Waals surface area contributed by atoms with Gasteiger partial charge in [-0.3, -0.25) is 4.79 Å². The number of nitrogens with one attached hydrogen (secondary N) is 1. The van der Waals surface area contributed by atoms with Crippen molar-refractivity contribution in [3.63, 3.8) is 0 Å². The van der Waals surface area contributed by atoms with E-state index in [1.807, 2.05) is 47.8 Å². The molecule has 0 radical (unpaired) electrons.